The number of aromatic nitrogens is 3. The minimum absolute atomic E-state index is 0.156. The van der Waals surface area contributed by atoms with Crippen LogP contribution in [0, 0.1) is 6.92 Å². The molecule has 5 nitrogen and oxygen atoms in total. The maximum absolute atomic E-state index is 13.1. The minimum Gasteiger partial charge on any atom is -0.311 e. The molecule has 2 heterocycles. The van der Waals surface area contributed by atoms with Gasteiger partial charge in [0.1, 0.15) is 5.82 Å². The summed E-state index contributed by atoms with van der Waals surface area (Å²) in [6.07, 6.45) is 7.25. The standard InChI is InChI=1S/C21H28N4OS2/c1-15-12-13-24(18-10-6-7-11-19(18)28-15)20(26)14-27-21-23-22-16(2)25(21)17-8-4-3-5-9-17/h6-7,10-11,15,17H,3-5,8-9,12-14H2,1-2H3. The van der Waals surface area contributed by atoms with Crippen LogP contribution >= 0.6 is 23.5 Å². The highest BCUT2D eigenvalue weighted by Crippen LogP contribution is 2.38. The summed E-state index contributed by atoms with van der Waals surface area (Å²) in [6.45, 7) is 5.04. The number of aryl methyl sites for hydroxylation is 1. The molecule has 0 bridgehead atoms. The van der Waals surface area contributed by atoms with E-state index in [9.17, 15) is 4.79 Å². The molecule has 1 atom stereocenters. The lowest BCUT2D eigenvalue weighted by molar-refractivity contribution is -0.116. The highest BCUT2D eigenvalue weighted by molar-refractivity contribution is 8.00. The number of carbonyl (C=O) groups is 1. The molecule has 1 aromatic carbocycles. The van der Waals surface area contributed by atoms with Gasteiger partial charge >= 0.3 is 0 Å². The predicted octanol–water partition coefficient (Wildman–Crippen LogP) is 5.10. The van der Waals surface area contributed by atoms with Crippen molar-refractivity contribution in [3.05, 3.63) is 30.1 Å². The van der Waals surface area contributed by atoms with Gasteiger partial charge in [0.15, 0.2) is 5.16 Å². The van der Waals surface area contributed by atoms with E-state index in [1.54, 1.807) is 0 Å². The third kappa shape index (κ3) is 4.25. The van der Waals surface area contributed by atoms with Crippen LogP contribution in [0.25, 0.3) is 0 Å². The highest BCUT2D eigenvalue weighted by atomic mass is 32.2. The van der Waals surface area contributed by atoms with Gasteiger partial charge in [-0.3, -0.25) is 4.79 Å². The number of fused-ring (bicyclic) bond motifs is 1. The van der Waals surface area contributed by atoms with E-state index < -0.39 is 0 Å². The van der Waals surface area contributed by atoms with Crippen molar-refractivity contribution < 1.29 is 4.79 Å². The number of para-hydroxylation sites is 1. The monoisotopic (exact) mass is 416 g/mol. The molecule has 1 aromatic heterocycles. The Morgan fingerprint density at radius 2 is 1.96 bits per heavy atom. The first-order valence-corrected chi connectivity index (χ1v) is 12.1. The second-order valence-electron chi connectivity index (χ2n) is 7.71. The fourth-order valence-electron chi connectivity index (χ4n) is 4.16. The third-order valence-corrected chi connectivity index (χ3v) is 7.81. The lowest BCUT2D eigenvalue weighted by Gasteiger charge is -2.25. The predicted molar refractivity (Wildman–Crippen MR) is 116 cm³/mol. The van der Waals surface area contributed by atoms with Crippen molar-refractivity contribution in [3.63, 3.8) is 0 Å². The van der Waals surface area contributed by atoms with Crippen molar-refractivity contribution in [3.8, 4) is 0 Å². The van der Waals surface area contributed by atoms with Crippen LogP contribution in [0.15, 0.2) is 34.3 Å². The lowest BCUT2D eigenvalue weighted by atomic mass is 9.95. The van der Waals surface area contributed by atoms with Crippen molar-refractivity contribution in [1.29, 1.82) is 0 Å². The zero-order valence-electron chi connectivity index (χ0n) is 16.6. The molecule has 1 unspecified atom stereocenters. The van der Waals surface area contributed by atoms with E-state index in [-0.39, 0.29) is 5.91 Å². The van der Waals surface area contributed by atoms with E-state index in [2.05, 4.69) is 39.9 Å². The second-order valence-corrected chi connectivity index (χ2v) is 10.1. The van der Waals surface area contributed by atoms with Crippen LogP contribution in [0.1, 0.15) is 57.3 Å². The lowest BCUT2D eigenvalue weighted by Crippen LogP contribution is -2.33. The summed E-state index contributed by atoms with van der Waals surface area (Å²) in [4.78, 5) is 16.3. The summed E-state index contributed by atoms with van der Waals surface area (Å²) < 4.78 is 2.27. The summed E-state index contributed by atoms with van der Waals surface area (Å²) in [6, 6.07) is 8.75. The van der Waals surface area contributed by atoms with Crippen LogP contribution in [0.4, 0.5) is 5.69 Å². The molecule has 2 aromatic rings. The number of carbonyl (C=O) groups excluding carboxylic acids is 1. The molecule has 4 rings (SSSR count). The van der Waals surface area contributed by atoms with Crippen molar-refractivity contribution in [1.82, 2.24) is 14.8 Å². The Morgan fingerprint density at radius 1 is 1.18 bits per heavy atom. The van der Waals surface area contributed by atoms with Crippen LogP contribution in [-0.4, -0.2) is 38.2 Å². The molecule has 1 fully saturated rings. The van der Waals surface area contributed by atoms with Crippen molar-refractivity contribution >= 4 is 35.1 Å². The molecule has 150 valence electrons. The van der Waals surface area contributed by atoms with Gasteiger partial charge in [-0.25, -0.2) is 0 Å². The average Bonchev–Trinajstić information content (AvgIpc) is 2.99. The molecule has 2 aliphatic rings. The number of rotatable bonds is 4. The number of anilines is 1. The van der Waals surface area contributed by atoms with Gasteiger partial charge in [0, 0.05) is 22.7 Å². The van der Waals surface area contributed by atoms with Gasteiger partial charge in [-0.1, -0.05) is 50.1 Å². The molecule has 1 aliphatic heterocycles. The van der Waals surface area contributed by atoms with E-state index in [0.29, 0.717) is 17.0 Å². The molecule has 0 N–H and O–H groups in total. The van der Waals surface area contributed by atoms with Gasteiger partial charge in [-0.05, 0) is 38.3 Å². The largest absolute Gasteiger partial charge is 0.311 e. The summed E-state index contributed by atoms with van der Waals surface area (Å²) in [5, 5.41) is 10.1. The maximum Gasteiger partial charge on any atom is 0.237 e. The van der Waals surface area contributed by atoms with Gasteiger partial charge in [-0.15, -0.1) is 22.0 Å². The number of benzene rings is 1. The fraction of sp³-hybridized carbons (Fsp3) is 0.571. The van der Waals surface area contributed by atoms with Gasteiger partial charge in [0.05, 0.1) is 11.4 Å². The molecule has 28 heavy (non-hydrogen) atoms. The quantitative estimate of drug-likeness (QED) is 0.649. The first kappa shape index (κ1) is 19.8. The van der Waals surface area contributed by atoms with Gasteiger partial charge in [-0.2, -0.15) is 0 Å². The number of hydrogen-bond donors (Lipinski definition) is 0. The zero-order valence-corrected chi connectivity index (χ0v) is 18.3. The van der Waals surface area contributed by atoms with Crippen LogP contribution in [0.2, 0.25) is 0 Å². The second kappa shape index (κ2) is 8.91. The average molecular weight is 417 g/mol. The number of hydrogen-bond acceptors (Lipinski definition) is 5. The van der Waals surface area contributed by atoms with E-state index >= 15 is 0 Å². The van der Waals surface area contributed by atoms with Crippen LogP contribution in [0.3, 0.4) is 0 Å². The van der Waals surface area contributed by atoms with E-state index in [4.69, 9.17) is 0 Å². The normalized spacial score (nSPS) is 20.6. The number of thioether (sulfide) groups is 2. The Balaban J connectivity index is 1.48. The smallest absolute Gasteiger partial charge is 0.237 e. The topological polar surface area (TPSA) is 51.0 Å². The minimum atomic E-state index is 0.156. The maximum atomic E-state index is 13.1. The fourth-order valence-corrected chi connectivity index (χ4v) is 6.20. The molecule has 0 spiro atoms. The Bertz CT molecular complexity index is 832. The zero-order chi connectivity index (χ0) is 19.5. The van der Waals surface area contributed by atoms with E-state index in [1.165, 1.54) is 48.8 Å². The van der Waals surface area contributed by atoms with Crippen molar-refractivity contribution in [2.24, 2.45) is 0 Å². The highest BCUT2D eigenvalue weighted by Gasteiger charge is 2.26. The summed E-state index contributed by atoms with van der Waals surface area (Å²) in [5.41, 5.74) is 1.05. The Labute approximate surface area is 175 Å². The molecule has 7 heteroatoms. The van der Waals surface area contributed by atoms with Crippen LogP contribution in [0.5, 0.6) is 0 Å². The summed E-state index contributed by atoms with van der Waals surface area (Å²) >= 11 is 3.40. The van der Waals surface area contributed by atoms with E-state index in [1.807, 2.05) is 29.7 Å². The SMILES string of the molecule is Cc1nnc(SCC(=O)N2CCC(C)Sc3ccccc32)n1C1CCCCC1. The summed E-state index contributed by atoms with van der Waals surface area (Å²) in [5.74, 6) is 1.52. The molecular weight excluding hydrogens is 388 g/mol. The number of amides is 1. The molecule has 1 aliphatic carbocycles. The van der Waals surface area contributed by atoms with Crippen molar-refractivity contribution in [2.45, 2.75) is 73.7 Å². The summed E-state index contributed by atoms with van der Waals surface area (Å²) in [7, 11) is 0. The van der Waals surface area contributed by atoms with Gasteiger partial charge in [0.25, 0.3) is 0 Å². The molecule has 1 amide bonds. The third-order valence-electron chi connectivity index (χ3n) is 5.64. The molecule has 0 radical (unpaired) electrons. The first-order chi connectivity index (χ1) is 13.6. The number of nitrogens with zero attached hydrogens (tertiary/aromatic N) is 4. The van der Waals surface area contributed by atoms with Crippen molar-refractivity contribution in [2.75, 3.05) is 17.2 Å². The van der Waals surface area contributed by atoms with Crippen LogP contribution < -0.4 is 4.90 Å². The molecular formula is C21H28N4OS2. The Kier molecular flexibility index (Phi) is 6.31. The first-order valence-electron chi connectivity index (χ1n) is 10.2. The van der Waals surface area contributed by atoms with Crippen LogP contribution in [-0.2, 0) is 4.79 Å². The Hall–Kier alpha value is -1.47. The van der Waals surface area contributed by atoms with Gasteiger partial charge in [0.2, 0.25) is 5.91 Å². The van der Waals surface area contributed by atoms with Gasteiger partial charge < -0.3 is 9.47 Å². The Morgan fingerprint density at radius 3 is 2.79 bits per heavy atom. The van der Waals surface area contributed by atoms with E-state index in [0.717, 1.165) is 29.6 Å². The molecule has 0 saturated heterocycles. The molecule has 1 saturated carbocycles.